The van der Waals surface area contributed by atoms with E-state index < -0.39 is 16.1 Å². The molecule has 0 aliphatic carbocycles. The van der Waals surface area contributed by atoms with Gasteiger partial charge >= 0.3 is 65.9 Å². The van der Waals surface area contributed by atoms with E-state index in [1.807, 2.05) is 12.3 Å². The van der Waals surface area contributed by atoms with E-state index in [1.165, 1.54) is 5.56 Å². The zero-order chi connectivity index (χ0) is 6.53. The van der Waals surface area contributed by atoms with E-state index in [1.54, 1.807) is 6.20 Å². The summed E-state index contributed by atoms with van der Waals surface area (Å²) >= 11 is -0.711. The average molecular weight is 229 g/mol. The third-order valence-electron chi connectivity index (χ3n) is 1.11. The van der Waals surface area contributed by atoms with Crippen LogP contribution in [0.15, 0.2) is 24.5 Å². The Labute approximate surface area is 78.2 Å². The molecule has 1 aromatic rings. The summed E-state index contributed by atoms with van der Waals surface area (Å²) in [5.74, 6) is 0. The normalized spacial score (nSPS) is 7.70. The van der Waals surface area contributed by atoms with Gasteiger partial charge in [0, 0.05) is 0 Å². The van der Waals surface area contributed by atoms with Gasteiger partial charge in [-0.1, -0.05) is 0 Å². The molecule has 0 saturated heterocycles. The predicted octanol–water partition coefficient (Wildman–Crippen LogP) is 2.24. The molecule has 1 rings (SSSR count). The van der Waals surface area contributed by atoms with Gasteiger partial charge < -0.3 is 0 Å². The van der Waals surface area contributed by atoms with E-state index in [-0.39, 0.29) is 12.4 Å². The second kappa shape index (κ2) is 6.09. The molecule has 0 aliphatic heterocycles. The molecule has 0 saturated carbocycles. The summed E-state index contributed by atoms with van der Waals surface area (Å²) in [5, 5.41) is 1.10. The summed E-state index contributed by atoms with van der Waals surface area (Å²) in [5.41, 5.74) is 1.28. The predicted molar refractivity (Wildman–Crippen MR) is 41.0 cm³/mol. The summed E-state index contributed by atoms with van der Waals surface area (Å²) in [4.78, 5) is 3.97. The monoisotopic (exact) mass is 227 g/mol. The fraction of sp³-hybridized carbons (Fsp3) is 0.167. The van der Waals surface area contributed by atoms with Crippen LogP contribution < -0.4 is 0 Å². The van der Waals surface area contributed by atoms with Crippen LogP contribution in [0.3, 0.4) is 0 Å². The fourth-order valence-corrected chi connectivity index (χ4v) is 2.87. The maximum absolute atomic E-state index is 5.70. The third kappa shape index (κ3) is 3.50. The Hall–Kier alpha value is 0.353. The van der Waals surface area contributed by atoms with Crippen molar-refractivity contribution in [1.29, 1.82) is 0 Å². The van der Waals surface area contributed by atoms with Gasteiger partial charge in [-0.15, -0.1) is 12.4 Å². The molecule has 1 aromatic heterocycles. The molecule has 0 aromatic carbocycles. The first-order valence-corrected chi connectivity index (χ1v) is 8.88. The SMILES string of the molecule is Cl.[Cl][Zn][CH2]c1cccnc1. The Bertz CT molecular complexity index is 169. The summed E-state index contributed by atoms with van der Waals surface area (Å²) in [6.07, 6.45) is 3.67. The molecule has 4 heteroatoms. The van der Waals surface area contributed by atoms with Crippen LogP contribution in [0.25, 0.3) is 0 Å². The van der Waals surface area contributed by atoms with Crippen molar-refractivity contribution in [3.8, 4) is 0 Å². The van der Waals surface area contributed by atoms with E-state index in [9.17, 15) is 0 Å². The van der Waals surface area contributed by atoms with Crippen molar-refractivity contribution in [3.63, 3.8) is 0 Å². The Morgan fingerprint density at radius 2 is 2.40 bits per heavy atom. The van der Waals surface area contributed by atoms with Gasteiger partial charge in [0.25, 0.3) is 0 Å². The first-order chi connectivity index (χ1) is 4.43. The Morgan fingerprint density at radius 3 is 2.90 bits per heavy atom. The van der Waals surface area contributed by atoms with Crippen molar-refractivity contribution >= 4 is 22.1 Å². The van der Waals surface area contributed by atoms with E-state index in [0.29, 0.717) is 0 Å². The van der Waals surface area contributed by atoms with Crippen molar-refractivity contribution < 1.29 is 16.1 Å². The summed E-state index contributed by atoms with van der Waals surface area (Å²) in [6.45, 7) is 0. The molecule has 0 atom stereocenters. The molecule has 0 radical (unpaired) electrons. The summed E-state index contributed by atoms with van der Waals surface area (Å²) in [6, 6.07) is 4.02. The molecule has 0 aliphatic rings. The van der Waals surface area contributed by atoms with E-state index in [2.05, 4.69) is 11.1 Å². The van der Waals surface area contributed by atoms with Crippen LogP contribution in [0.4, 0.5) is 0 Å². The number of halogens is 2. The fourth-order valence-electron chi connectivity index (χ4n) is 0.655. The second-order valence-electron chi connectivity index (χ2n) is 1.80. The number of pyridine rings is 1. The zero-order valence-electron chi connectivity index (χ0n) is 5.46. The van der Waals surface area contributed by atoms with Gasteiger partial charge in [-0.25, -0.2) is 0 Å². The van der Waals surface area contributed by atoms with Gasteiger partial charge in [0.2, 0.25) is 0 Å². The topological polar surface area (TPSA) is 12.9 Å². The van der Waals surface area contributed by atoms with Crippen LogP contribution in [0.2, 0.25) is 0 Å². The van der Waals surface area contributed by atoms with Crippen molar-refractivity contribution in [1.82, 2.24) is 4.98 Å². The van der Waals surface area contributed by atoms with Gasteiger partial charge in [0.1, 0.15) is 0 Å². The first-order valence-electron chi connectivity index (χ1n) is 2.88. The van der Waals surface area contributed by atoms with Crippen molar-refractivity contribution in [2.75, 3.05) is 0 Å². The van der Waals surface area contributed by atoms with E-state index in [4.69, 9.17) is 9.69 Å². The maximum atomic E-state index is 5.70. The minimum atomic E-state index is -0.711. The van der Waals surface area contributed by atoms with E-state index >= 15 is 0 Å². The van der Waals surface area contributed by atoms with Crippen molar-refractivity contribution in [2.45, 2.75) is 5.02 Å². The molecular weight excluding hydrogens is 222 g/mol. The van der Waals surface area contributed by atoms with Crippen molar-refractivity contribution in [2.24, 2.45) is 0 Å². The molecule has 0 amide bonds. The van der Waals surface area contributed by atoms with Gasteiger partial charge in [-0.2, -0.15) is 0 Å². The molecule has 0 spiro atoms. The van der Waals surface area contributed by atoms with Crippen LogP contribution >= 0.6 is 22.1 Å². The quantitative estimate of drug-likeness (QED) is 0.709. The van der Waals surface area contributed by atoms with E-state index in [0.717, 1.165) is 5.02 Å². The molecule has 0 bridgehead atoms. The molecule has 52 valence electrons. The van der Waals surface area contributed by atoms with Gasteiger partial charge in [-0.3, -0.25) is 0 Å². The molecular formula is C6H7Cl2NZn. The third-order valence-corrected chi connectivity index (χ3v) is 3.70. The summed E-state index contributed by atoms with van der Waals surface area (Å²) in [7, 11) is 5.70. The number of rotatable bonds is 2. The van der Waals surface area contributed by atoms with Gasteiger partial charge in [0.05, 0.1) is 0 Å². The Kier molecular flexibility index (Phi) is 6.30. The number of hydrogen-bond acceptors (Lipinski definition) is 1. The zero-order valence-corrected chi connectivity index (χ0v) is 10.00. The van der Waals surface area contributed by atoms with Crippen LogP contribution in [0.5, 0.6) is 0 Å². The van der Waals surface area contributed by atoms with Gasteiger partial charge in [-0.05, 0) is 0 Å². The minimum absolute atomic E-state index is 0. The number of hydrogen-bond donors (Lipinski definition) is 0. The first kappa shape index (κ1) is 10.4. The number of nitrogens with zero attached hydrogens (tertiary/aromatic N) is 1. The van der Waals surface area contributed by atoms with Gasteiger partial charge in [0.15, 0.2) is 0 Å². The molecule has 0 fully saturated rings. The Balaban J connectivity index is 0.000000810. The second-order valence-corrected chi connectivity index (χ2v) is 5.61. The Morgan fingerprint density at radius 1 is 1.60 bits per heavy atom. The molecule has 0 N–H and O–H groups in total. The van der Waals surface area contributed by atoms with Crippen LogP contribution in [0, 0.1) is 0 Å². The standard InChI is InChI=1S/C6H6N.2ClH.Zn/c1-6-3-2-4-7-5-6;;;/h2-5H,1H2;2*1H;/q;;;+1/p-1. The number of aromatic nitrogens is 1. The van der Waals surface area contributed by atoms with Crippen LogP contribution in [-0.4, -0.2) is 4.98 Å². The van der Waals surface area contributed by atoms with Crippen molar-refractivity contribution in [3.05, 3.63) is 30.1 Å². The van der Waals surface area contributed by atoms with Crippen LogP contribution in [-0.2, 0) is 21.2 Å². The molecule has 0 unspecified atom stereocenters. The summed E-state index contributed by atoms with van der Waals surface area (Å²) < 4.78 is 0. The molecule has 1 nitrogen and oxygen atoms in total. The van der Waals surface area contributed by atoms with Crippen LogP contribution in [0.1, 0.15) is 5.56 Å². The molecule has 1 heterocycles. The average Bonchev–Trinajstić information content (AvgIpc) is 1.91. The molecule has 10 heavy (non-hydrogen) atoms.